The number of carbonyl (C=O) groups excluding carboxylic acids is 1. The third kappa shape index (κ3) is 6.76. The highest BCUT2D eigenvalue weighted by Crippen LogP contribution is 2.14. The number of rotatable bonds is 8. The molecule has 0 aromatic carbocycles. The Bertz CT molecular complexity index is 591. The fourth-order valence-electron chi connectivity index (χ4n) is 2.53. The molecule has 1 atom stereocenters. The number of likely N-dealkylation sites (N-methyl/N-ethyl adjacent to an activating group) is 1. The summed E-state index contributed by atoms with van der Waals surface area (Å²) in [5.74, 6) is 0.679. The lowest BCUT2D eigenvalue weighted by atomic mass is 10.1. The summed E-state index contributed by atoms with van der Waals surface area (Å²) < 4.78 is 1.92. The Morgan fingerprint density at radius 1 is 1.36 bits per heavy atom. The van der Waals surface area contributed by atoms with Crippen LogP contribution in [0.1, 0.15) is 43.6 Å². The van der Waals surface area contributed by atoms with Gasteiger partial charge in [0.05, 0.1) is 5.69 Å². The third-order valence-electron chi connectivity index (χ3n) is 4.25. The molecule has 2 N–H and O–H groups in total. The summed E-state index contributed by atoms with van der Waals surface area (Å²) in [6.45, 7) is 9.39. The van der Waals surface area contributed by atoms with Crippen LogP contribution < -0.4 is 10.6 Å². The van der Waals surface area contributed by atoms with Crippen molar-refractivity contribution in [3.63, 3.8) is 0 Å². The zero-order valence-electron chi connectivity index (χ0n) is 16.8. The molecule has 0 bridgehead atoms. The maximum absolute atomic E-state index is 11.8. The van der Waals surface area contributed by atoms with E-state index in [1.165, 1.54) is 11.3 Å². The second-order valence-electron chi connectivity index (χ2n) is 6.76. The van der Waals surface area contributed by atoms with E-state index < -0.39 is 0 Å². The van der Waals surface area contributed by atoms with Crippen LogP contribution in [0.5, 0.6) is 0 Å². The van der Waals surface area contributed by atoms with E-state index >= 15 is 0 Å². The Kier molecular flexibility index (Phi) is 8.45. The number of aryl methyl sites for hydroxylation is 2. The van der Waals surface area contributed by atoms with Gasteiger partial charge in [0, 0.05) is 39.4 Å². The van der Waals surface area contributed by atoms with E-state index in [0.717, 1.165) is 31.5 Å². The zero-order valence-corrected chi connectivity index (χ0v) is 16.8. The smallest absolute Gasteiger partial charge is 0.243 e. The van der Waals surface area contributed by atoms with Crippen molar-refractivity contribution in [2.24, 2.45) is 12.0 Å². The van der Waals surface area contributed by atoms with Crippen LogP contribution in [0.2, 0.25) is 0 Å². The van der Waals surface area contributed by atoms with Crippen molar-refractivity contribution in [1.82, 2.24) is 25.3 Å². The van der Waals surface area contributed by atoms with Crippen LogP contribution in [0.3, 0.4) is 0 Å². The summed E-state index contributed by atoms with van der Waals surface area (Å²) in [5.41, 5.74) is 3.51. The van der Waals surface area contributed by atoms with E-state index in [9.17, 15) is 4.79 Å². The highest BCUT2D eigenvalue weighted by Gasteiger charge is 2.14. The van der Waals surface area contributed by atoms with Crippen LogP contribution in [0.15, 0.2) is 4.99 Å². The molecule has 0 saturated heterocycles. The molecule has 25 heavy (non-hydrogen) atoms. The quantitative estimate of drug-likeness (QED) is 0.422. The summed E-state index contributed by atoms with van der Waals surface area (Å²) in [6.07, 6.45) is 3.04. The number of hydrogen-bond acceptors (Lipinski definition) is 3. The van der Waals surface area contributed by atoms with Gasteiger partial charge in [0.1, 0.15) is 6.54 Å². The van der Waals surface area contributed by atoms with E-state index in [1.54, 1.807) is 19.0 Å². The van der Waals surface area contributed by atoms with Gasteiger partial charge in [0.2, 0.25) is 5.91 Å². The van der Waals surface area contributed by atoms with Crippen molar-refractivity contribution in [1.29, 1.82) is 0 Å². The van der Waals surface area contributed by atoms with Gasteiger partial charge >= 0.3 is 0 Å². The Balaban J connectivity index is 2.74. The van der Waals surface area contributed by atoms with E-state index in [-0.39, 0.29) is 18.5 Å². The molecule has 0 spiro atoms. The molecule has 1 rings (SSSR count). The van der Waals surface area contributed by atoms with Crippen LogP contribution >= 0.6 is 0 Å². The summed E-state index contributed by atoms with van der Waals surface area (Å²) in [4.78, 5) is 17.8. The van der Waals surface area contributed by atoms with E-state index in [4.69, 9.17) is 0 Å². The van der Waals surface area contributed by atoms with E-state index in [2.05, 4.69) is 41.5 Å². The standard InChI is InChI=1S/C18H34N6O/c1-8-9-10-19-18(20-12-17(25)23(5)6)21-13(2)11-16-14(3)22-24(7)15(16)4/h13H,8-12H2,1-7H3,(H2,19,20,21). The number of guanidine groups is 1. The molecule has 1 amide bonds. The van der Waals surface area contributed by atoms with Crippen molar-refractivity contribution in [2.75, 3.05) is 27.2 Å². The Hall–Kier alpha value is -2.05. The number of hydrogen-bond donors (Lipinski definition) is 2. The summed E-state index contributed by atoms with van der Waals surface area (Å²) in [6, 6.07) is 0.184. The predicted octanol–water partition coefficient (Wildman–Crippen LogP) is 1.39. The van der Waals surface area contributed by atoms with Crippen LogP contribution in [0.25, 0.3) is 0 Å². The van der Waals surface area contributed by atoms with Gasteiger partial charge in [-0.05, 0) is 39.2 Å². The molecular formula is C18H34N6O. The van der Waals surface area contributed by atoms with Gasteiger partial charge in [-0.25, -0.2) is 4.99 Å². The number of aliphatic imine (C=N–C) groups is 1. The van der Waals surface area contributed by atoms with Crippen LogP contribution in [-0.4, -0.2) is 59.8 Å². The second kappa shape index (κ2) is 10.1. The van der Waals surface area contributed by atoms with Crippen molar-refractivity contribution in [3.8, 4) is 0 Å². The van der Waals surface area contributed by atoms with Gasteiger partial charge < -0.3 is 15.5 Å². The zero-order chi connectivity index (χ0) is 19.0. The number of nitrogens with zero attached hydrogens (tertiary/aromatic N) is 4. The minimum Gasteiger partial charge on any atom is -0.356 e. The van der Waals surface area contributed by atoms with Crippen molar-refractivity contribution >= 4 is 11.9 Å². The van der Waals surface area contributed by atoms with Gasteiger partial charge in [-0.2, -0.15) is 5.10 Å². The lowest BCUT2D eigenvalue weighted by Gasteiger charge is -2.19. The molecule has 1 aromatic rings. The average Bonchev–Trinajstić information content (AvgIpc) is 2.78. The molecule has 0 aliphatic heterocycles. The van der Waals surface area contributed by atoms with Gasteiger partial charge in [-0.3, -0.25) is 9.48 Å². The van der Waals surface area contributed by atoms with E-state index in [1.807, 2.05) is 18.7 Å². The molecule has 0 aliphatic carbocycles. The molecule has 0 saturated carbocycles. The van der Waals surface area contributed by atoms with Crippen molar-refractivity contribution in [3.05, 3.63) is 17.0 Å². The van der Waals surface area contributed by atoms with Crippen molar-refractivity contribution < 1.29 is 4.79 Å². The Morgan fingerprint density at radius 3 is 2.56 bits per heavy atom. The third-order valence-corrected chi connectivity index (χ3v) is 4.25. The first-order valence-corrected chi connectivity index (χ1v) is 9.00. The molecule has 142 valence electrons. The summed E-state index contributed by atoms with van der Waals surface area (Å²) in [5, 5.41) is 11.2. The molecule has 1 aromatic heterocycles. The highest BCUT2D eigenvalue weighted by molar-refractivity contribution is 5.84. The Morgan fingerprint density at radius 2 is 2.04 bits per heavy atom. The maximum atomic E-state index is 11.8. The van der Waals surface area contributed by atoms with Crippen molar-refractivity contribution in [2.45, 2.75) is 53.0 Å². The summed E-state index contributed by atoms with van der Waals surface area (Å²) >= 11 is 0. The number of unbranched alkanes of at least 4 members (excludes halogenated alkanes) is 1. The van der Waals surface area contributed by atoms with Gasteiger partial charge in [-0.15, -0.1) is 0 Å². The van der Waals surface area contributed by atoms with Gasteiger partial charge in [0.15, 0.2) is 5.96 Å². The van der Waals surface area contributed by atoms with Gasteiger partial charge in [0.25, 0.3) is 0 Å². The first-order chi connectivity index (χ1) is 11.8. The number of aromatic nitrogens is 2. The average molecular weight is 351 g/mol. The molecule has 0 fully saturated rings. The topological polar surface area (TPSA) is 74.6 Å². The lowest BCUT2D eigenvalue weighted by Crippen LogP contribution is -2.44. The van der Waals surface area contributed by atoms with Crippen LogP contribution in [0.4, 0.5) is 0 Å². The predicted molar refractivity (Wildman–Crippen MR) is 103 cm³/mol. The molecule has 1 heterocycles. The molecule has 0 aliphatic rings. The minimum atomic E-state index is -0.0109. The fourth-order valence-corrected chi connectivity index (χ4v) is 2.53. The number of amides is 1. The van der Waals surface area contributed by atoms with Crippen LogP contribution in [0, 0.1) is 13.8 Å². The first kappa shape index (κ1) is 21.0. The maximum Gasteiger partial charge on any atom is 0.243 e. The van der Waals surface area contributed by atoms with E-state index in [0.29, 0.717) is 5.96 Å². The molecule has 0 radical (unpaired) electrons. The Labute approximate surface area is 151 Å². The number of nitrogens with one attached hydrogen (secondary N) is 2. The SMILES string of the molecule is CCCCNC(=NCC(=O)N(C)C)NC(C)Cc1c(C)nn(C)c1C. The fraction of sp³-hybridized carbons (Fsp3) is 0.722. The highest BCUT2D eigenvalue weighted by atomic mass is 16.2. The second-order valence-corrected chi connectivity index (χ2v) is 6.76. The van der Waals surface area contributed by atoms with Crippen LogP contribution in [-0.2, 0) is 18.3 Å². The number of carbonyl (C=O) groups is 1. The van der Waals surface area contributed by atoms with Gasteiger partial charge in [-0.1, -0.05) is 13.3 Å². The molecule has 1 unspecified atom stereocenters. The lowest BCUT2D eigenvalue weighted by molar-refractivity contribution is -0.127. The first-order valence-electron chi connectivity index (χ1n) is 9.00. The minimum absolute atomic E-state index is 0.0109. The molecular weight excluding hydrogens is 316 g/mol. The monoisotopic (exact) mass is 350 g/mol. The summed E-state index contributed by atoms with van der Waals surface area (Å²) in [7, 11) is 5.45. The largest absolute Gasteiger partial charge is 0.356 e. The molecule has 7 heteroatoms. The normalized spacial score (nSPS) is 12.8. The molecule has 7 nitrogen and oxygen atoms in total.